The molecule has 3 rings (SSSR count). The molecule has 1 aliphatic heterocycles. The second kappa shape index (κ2) is 9.62. The van der Waals surface area contributed by atoms with E-state index in [2.05, 4.69) is 0 Å². The first-order valence-electron chi connectivity index (χ1n) is 10.2. The van der Waals surface area contributed by atoms with Gasteiger partial charge in [0.2, 0.25) is 15.8 Å². The first kappa shape index (κ1) is 23.0. The van der Waals surface area contributed by atoms with Crippen molar-refractivity contribution in [2.24, 2.45) is 11.8 Å². The molecule has 0 aliphatic carbocycles. The quantitative estimate of drug-likeness (QED) is 0.479. The third kappa shape index (κ3) is 5.32. The summed E-state index contributed by atoms with van der Waals surface area (Å²) in [5.41, 5.74) is 0.384. The lowest BCUT2D eigenvalue weighted by Crippen LogP contribution is -2.42. The van der Waals surface area contributed by atoms with Crippen LogP contribution in [0, 0.1) is 11.8 Å². The number of piperidine rings is 1. The average Bonchev–Trinajstić information content (AvgIpc) is 2.76. The van der Waals surface area contributed by atoms with Crippen molar-refractivity contribution in [1.82, 2.24) is 4.31 Å². The predicted molar refractivity (Wildman–Crippen MR) is 116 cm³/mol. The van der Waals surface area contributed by atoms with Crippen LogP contribution in [0.2, 0.25) is 0 Å². The van der Waals surface area contributed by atoms with Gasteiger partial charge in [-0.05, 0) is 48.6 Å². The first-order valence-corrected chi connectivity index (χ1v) is 11.6. The molecule has 0 aromatic heterocycles. The molecule has 7 nitrogen and oxygen atoms in total. The van der Waals surface area contributed by atoms with Gasteiger partial charge < -0.3 is 9.47 Å². The van der Waals surface area contributed by atoms with Crippen molar-refractivity contribution in [2.75, 3.05) is 26.8 Å². The summed E-state index contributed by atoms with van der Waals surface area (Å²) in [7, 11) is -2.27. The number of ketones is 1. The van der Waals surface area contributed by atoms with Gasteiger partial charge in [-0.1, -0.05) is 32.0 Å². The highest BCUT2D eigenvalue weighted by Gasteiger charge is 2.32. The maximum Gasteiger partial charge on any atom is 0.338 e. The number of nitrogens with zero attached hydrogens (tertiary/aromatic N) is 1. The summed E-state index contributed by atoms with van der Waals surface area (Å²) < 4.78 is 37.9. The minimum atomic E-state index is -3.73. The highest BCUT2D eigenvalue weighted by Crippen LogP contribution is 2.27. The Morgan fingerprint density at radius 3 is 2.39 bits per heavy atom. The smallest absolute Gasteiger partial charge is 0.338 e. The van der Waals surface area contributed by atoms with Crippen LogP contribution in [0.25, 0.3) is 0 Å². The molecule has 0 saturated carbocycles. The topological polar surface area (TPSA) is 90.0 Å². The largest absolute Gasteiger partial charge is 0.496 e. The summed E-state index contributed by atoms with van der Waals surface area (Å²) in [5, 5.41) is 0. The van der Waals surface area contributed by atoms with Gasteiger partial charge in [-0.2, -0.15) is 4.31 Å². The number of para-hydroxylation sites is 1. The number of methoxy groups -OCH3 is 1. The van der Waals surface area contributed by atoms with E-state index in [9.17, 15) is 18.0 Å². The van der Waals surface area contributed by atoms with Gasteiger partial charge in [0.15, 0.2) is 6.61 Å². The number of Topliss-reactive ketones (excluding diaryl/α,β-unsaturated/α-hetero) is 1. The Kier molecular flexibility index (Phi) is 7.12. The van der Waals surface area contributed by atoms with Gasteiger partial charge in [0.25, 0.3) is 0 Å². The van der Waals surface area contributed by atoms with Crippen LogP contribution in [0.3, 0.4) is 0 Å². The minimum Gasteiger partial charge on any atom is -0.496 e. The van der Waals surface area contributed by atoms with Crippen molar-refractivity contribution >= 4 is 21.8 Å². The van der Waals surface area contributed by atoms with E-state index in [0.29, 0.717) is 24.4 Å². The number of carbonyl (C=O) groups excluding carboxylic acids is 2. The van der Waals surface area contributed by atoms with Crippen LogP contribution in [-0.2, 0) is 14.8 Å². The molecule has 1 heterocycles. The molecule has 2 unspecified atom stereocenters. The molecule has 1 aliphatic rings. The number of carbonyl (C=O) groups is 2. The Bertz CT molecular complexity index is 1060. The summed E-state index contributed by atoms with van der Waals surface area (Å²) >= 11 is 0. The van der Waals surface area contributed by atoms with Gasteiger partial charge in [-0.25, -0.2) is 13.2 Å². The zero-order valence-electron chi connectivity index (χ0n) is 17.9. The van der Waals surface area contributed by atoms with Crippen LogP contribution in [0.4, 0.5) is 0 Å². The zero-order chi connectivity index (χ0) is 22.6. The fraction of sp³-hybridized carbons (Fsp3) is 0.391. The summed E-state index contributed by atoms with van der Waals surface area (Å²) in [4.78, 5) is 24.9. The molecule has 1 fully saturated rings. The molecule has 8 heteroatoms. The number of esters is 1. The van der Waals surface area contributed by atoms with E-state index >= 15 is 0 Å². The normalized spacial score (nSPS) is 19.6. The van der Waals surface area contributed by atoms with Gasteiger partial charge in [-0.15, -0.1) is 0 Å². The Hall–Kier alpha value is -2.71. The van der Waals surface area contributed by atoms with E-state index in [0.717, 1.165) is 6.42 Å². The molecule has 0 amide bonds. The van der Waals surface area contributed by atoms with Crippen molar-refractivity contribution < 1.29 is 27.5 Å². The molecule has 0 spiro atoms. The van der Waals surface area contributed by atoms with E-state index in [1.807, 2.05) is 13.8 Å². The Morgan fingerprint density at radius 1 is 1.03 bits per heavy atom. The lowest BCUT2D eigenvalue weighted by molar-refractivity contribution is 0.0473. The maximum atomic E-state index is 13.1. The number of ether oxygens (including phenoxy) is 2. The fourth-order valence-electron chi connectivity index (χ4n) is 3.90. The first-order chi connectivity index (χ1) is 14.7. The average molecular weight is 446 g/mol. The third-order valence-corrected chi connectivity index (χ3v) is 7.11. The summed E-state index contributed by atoms with van der Waals surface area (Å²) in [6.45, 7) is 4.50. The van der Waals surface area contributed by atoms with E-state index in [1.54, 1.807) is 24.3 Å². The Morgan fingerprint density at radius 2 is 1.71 bits per heavy atom. The van der Waals surface area contributed by atoms with E-state index < -0.39 is 28.4 Å². The summed E-state index contributed by atoms with van der Waals surface area (Å²) in [5.74, 6) is -0.242. The molecule has 0 N–H and O–H groups in total. The van der Waals surface area contributed by atoms with Crippen molar-refractivity contribution in [3.63, 3.8) is 0 Å². The third-order valence-electron chi connectivity index (χ3n) is 5.28. The lowest BCUT2D eigenvalue weighted by Gasteiger charge is -2.34. The molecule has 2 aromatic rings. The predicted octanol–water partition coefficient (Wildman–Crippen LogP) is 3.40. The second-order valence-electron chi connectivity index (χ2n) is 8.00. The van der Waals surface area contributed by atoms with Gasteiger partial charge >= 0.3 is 5.97 Å². The highest BCUT2D eigenvalue weighted by molar-refractivity contribution is 7.89. The van der Waals surface area contributed by atoms with Crippen LogP contribution in [0.1, 0.15) is 41.0 Å². The Labute approximate surface area is 183 Å². The van der Waals surface area contributed by atoms with E-state index in [-0.39, 0.29) is 22.3 Å². The van der Waals surface area contributed by atoms with Crippen molar-refractivity contribution in [3.8, 4) is 5.75 Å². The number of hydrogen-bond acceptors (Lipinski definition) is 6. The van der Waals surface area contributed by atoms with Crippen LogP contribution in [0.5, 0.6) is 5.75 Å². The molecular formula is C23H27NO6S. The van der Waals surface area contributed by atoms with Gasteiger partial charge in [0.1, 0.15) is 5.75 Å². The molecule has 31 heavy (non-hydrogen) atoms. The molecule has 2 aromatic carbocycles. The fourth-order valence-corrected chi connectivity index (χ4v) is 5.63. The molecule has 2 atom stereocenters. The molecule has 1 saturated heterocycles. The lowest BCUT2D eigenvalue weighted by atomic mass is 9.94. The van der Waals surface area contributed by atoms with Crippen molar-refractivity contribution in [3.05, 3.63) is 59.7 Å². The number of rotatable bonds is 7. The van der Waals surface area contributed by atoms with Crippen molar-refractivity contribution in [2.45, 2.75) is 25.2 Å². The van der Waals surface area contributed by atoms with Gasteiger partial charge in [0.05, 0.1) is 23.1 Å². The summed E-state index contributed by atoms with van der Waals surface area (Å²) in [6.07, 6.45) is 0.985. The molecule has 0 bridgehead atoms. The monoisotopic (exact) mass is 445 g/mol. The van der Waals surface area contributed by atoms with Crippen LogP contribution in [0.15, 0.2) is 53.4 Å². The van der Waals surface area contributed by atoms with Crippen LogP contribution >= 0.6 is 0 Å². The summed E-state index contributed by atoms with van der Waals surface area (Å²) in [6, 6.07) is 12.4. The van der Waals surface area contributed by atoms with E-state index in [1.165, 1.54) is 35.7 Å². The Balaban J connectivity index is 1.72. The van der Waals surface area contributed by atoms with Crippen LogP contribution in [-0.4, -0.2) is 51.3 Å². The van der Waals surface area contributed by atoms with Gasteiger partial charge in [-0.3, -0.25) is 4.79 Å². The zero-order valence-corrected chi connectivity index (χ0v) is 18.7. The van der Waals surface area contributed by atoms with Crippen molar-refractivity contribution in [1.29, 1.82) is 0 Å². The molecule has 0 radical (unpaired) electrons. The minimum absolute atomic E-state index is 0.0410. The van der Waals surface area contributed by atoms with E-state index in [4.69, 9.17) is 9.47 Å². The maximum absolute atomic E-state index is 13.1. The molecular weight excluding hydrogens is 418 g/mol. The standard InChI is InChI=1S/C23H27NO6S/c1-16-11-17(2)14-24(13-16)31(27,28)19-8-6-7-18(12-19)23(26)30-15-21(25)20-9-4-5-10-22(20)29-3/h4-10,12,16-17H,11,13-15H2,1-3H3. The highest BCUT2D eigenvalue weighted by atomic mass is 32.2. The SMILES string of the molecule is COc1ccccc1C(=O)COC(=O)c1cccc(S(=O)(=O)N2CC(C)CC(C)C2)c1. The number of hydrogen-bond donors (Lipinski definition) is 0. The van der Waals surface area contributed by atoms with Gasteiger partial charge in [0, 0.05) is 13.1 Å². The number of sulfonamides is 1. The van der Waals surface area contributed by atoms with Crippen LogP contribution < -0.4 is 4.74 Å². The number of benzene rings is 2. The molecule has 166 valence electrons. The second-order valence-corrected chi connectivity index (χ2v) is 9.93.